The first-order valence-electron chi connectivity index (χ1n) is 6.92. The molecule has 1 heterocycles. The molecule has 0 saturated heterocycles. The molecule has 0 fully saturated rings. The van der Waals surface area contributed by atoms with Gasteiger partial charge in [-0.15, -0.1) is 0 Å². The van der Waals surface area contributed by atoms with Gasteiger partial charge in [0, 0.05) is 11.0 Å². The molecule has 0 aliphatic heterocycles. The second-order valence-corrected chi connectivity index (χ2v) is 5.98. The van der Waals surface area contributed by atoms with Crippen LogP contribution in [0.5, 0.6) is 5.75 Å². The van der Waals surface area contributed by atoms with Crippen molar-refractivity contribution in [1.82, 2.24) is 10.3 Å². The Hall–Kier alpha value is -1.10. The van der Waals surface area contributed by atoms with E-state index in [4.69, 9.17) is 16.3 Å². The standard InChI is InChI=1S/C16H18BrClN2O/c1-2-8-19-10-13-4-3-5-14(20-13)11-21-16-7-6-12(17)9-15(16)18/h3-7,9,19H,2,8,10-11H2,1H3. The summed E-state index contributed by atoms with van der Waals surface area (Å²) in [5.74, 6) is 0.663. The average molecular weight is 370 g/mol. The van der Waals surface area contributed by atoms with Crippen molar-refractivity contribution in [2.45, 2.75) is 26.5 Å². The van der Waals surface area contributed by atoms with Crippen LogP contribution in [0.2, 0.25) is 5.02 Å². The van der Waals surface area contributed by atoms with Gasteiger partial charge in [0.15, 0.2) is 0 Å². The largest absolute Gasteiger partial charge is 0.486 e. The quantitative estimate of drug-likeness (QED) is 0.726. The molecule has 0 unspecified atom stereocenters. The molecule has 0 amide bonds. The summed E-state index contributed by atoms with van der Waals surface area (Å²) in [5.41, 5.74) is 1.91. The summed E-state index contributed by atoms with van der Waals surface area (Å²) < 4.78 is 6.66. The van der Waals surface area contributed by atoms with E-state index in [0.717, 1.165) is 35.4 Å². The predicted octanol–water partition coefficient (Wildman–Crippen LogP) is 4.58. The highest BCUT2D eigenvalue weighted by atomic mass is 79.9. The SMILES string of the molecule is CCCNCc1cccc(COc2ccc(Br)cc2Cl)n1. The van der Waals surface area contributed by atoms with Gasteiger partial charge in [-0.3, -0.25) is 4.98 Å². The van der Waals surface area contributed by atoms with E-state index in [1.165, 1.54) is 0 Å². The van der Waals surface area contributed by atoms with Gasteiger partial charge in [0.1, 0.15) is 12.4 Å². The molecule has 1 N–H and O–H groups in total. The first kappa shape index (κ1) is 16.3. The van der Waals surface area contributed by atoms with E-state index >= 15 is 0 Å². The van der Waals surface area contributed by atoms with E-state index in [0.29, 0.717) is 17.4 Å². The van der Waals surface area contributed by atoms with Crippen molar-refractivity contribution in [3.8, 4) is 5.75 Å². The third-order valence-corrected chi connectivity index (χ3v) is 3.66. The van der Waals surface area contributed by atoms with Gasteiger partial charge < -0.3 is 10.1 Å². The fourth-order valence-electron chi connectivity index (χ4n) is 1.85. The summed E-state index contributed by atoms with van der Waals surface area (Å²) in [4.78, 5) is 4.57. The van der Waals surface area contributed by atoms with Gasteiger partial charge in [0.25, 0.3) is 0 Å². The molecule has 2 rings (SSSR count). The lowest BCUT2D eigenvalue weighted by Crippen LogP contribution is -2.15. The first-order chi connectivity index (χ1) is 10.2. The van der Waals surface area contributed by atoms with Crippen LogP contribution in [0.4, 0.5) is 0 Å². The van der Waals surface area contributed by atoms with E-state index in [1.807, 2.05) is 36.4 Å². The number of nitrogens with zero attached hydrogens (tertiary/aromatic N) is 1. The summed E-state index contributed by atoms with van der Waals surface area (Å²) in [6, 6.07) is 11.5. The summed E-state index contributed by atoms with van der Waals surface area (Å²) in [7, 11) is 0. The molecule has 1 aromatic carbocycles. The van der Waals surface area contributed by atoms with E-state index in [1.54, 1.807) is 0 Å². The van der Waals surface area contributed by atoms with Gasteiger partial charge in [0.05, 0.1) is 16.4 Å². The molecule has 0 saturated carbocycles. The minimum absolute atomic E-state index is 0.406. The predicted molar refractivity (Wildman–Crippen MR) is 89.7 cm³/mol. The van der Waals surface area contributed by atoms with E-state index in [-0.39, 0.29) is 0 Å². The topological polar surface area (TPSA) is 34.1 Å². The lowest BCUT2D eigenvalue weighted by molar-refractivity contribution is 0.301. The molecule has 0 atom stereocenters. The minimum Gasteiger partial charge on any atom is -0.486 e. The number of benzene rings is 1. The monoisotopic (exact) mass is 368 g/mol. The molecule has 0 aliphatic rings. The minimum atomic E-state index is 0.406. The summed E-state index contributed by atoms with van der Waals surface area (Å²) in [5, 5.41) is 3.93. The first-order valence-corrected chi connectivity index (χ1v) is 8.09. The zero-order chi connectivity index (χ0) is 15.1. The Bertz CT molecular complexity index is 592. The molecule has 0 bridgehead atoms. The van der Waals surface area contributed by atoms with Crippen LogP contribution in [0, 0.1) is 0 Å². The normalized spacial score (nSPS) is 10.6. The fraction of sp³-hybridized carbons (Fsp3) is 0.312. The van der Waals surface area contributed by atoms with Crippen molar-refractivity contribution in [2.24, 2.45) is 0 Å². The number of pyridine rings is 1. The Morgan fingerprint density at radius 2 is 2.05 bits per heavy atom. The van der Waals surface area contributed by atoms with Gasteiger partial charge in [-0.1, -0.05) is 40.5 Å². The molecule has 112 valence electrons. The zero-order valence-corrected chi connectivity index (χ0v) is 14.2. The van der Waals surface area contributed by atoms with Gasteiger partial charge in [0.2, 0.25) is 0 Å². The molecule has 0 spiro atoms. The van der Waals surface area contributed by atoms with Crippen molar-refractivity contribution < 1.29 is 4.74 Å². The van der Waals surface area contributed by atoms with Gasteiger partial charge in [-0.05, 0) is 43.3 Å². The molecular formula is C16H18BrClN2O. The van der Waals surface area contributed by atoms with Crippen LogP contribution in [0.3, 0.4) is 0 Å². The number of halogens is 2. The average Bonchev–Trinajstić information content (AvgIpc) is 2.47. The van der Waals surface area contributed by atoms with Gasteiger partial charge in [-0.25, -0.2) is 0 Å². The Morgan fingerprint density at radius 1 is 1.24 bits per heavy atom. The molecule has 0 radical (unpaired) electrons. The lowest BCUT2D eigenvalue weighted by atomic mass is 10.3. The molecule has 2 aromatic rings. The summed E-state index contributed by atoms with van der Waals surface area (Å²) in [6.45, 7) is 4.33. The molecule has 1 aromatic heterocycles. The van der Waals surface area contributed by atoms with E-state index in [9.17, 15) is 0 Å². The highest BCUT2D eigenvalue weighted by molar-refractivity contribution is 9.10. The fourth-order valence-corrected chi connectivity index (χ4v) is 2.57. The lowest BCUT2D eigenvalue weighted by Gasteiger charge is -2.09. The molecular weight excluding hydrogens is 352 g/mol. The van der Waals surface area contributed by atoms with Crippen molar-refractivity contribution >= 4 is 27.5 Å². The Balaban J connectivity index is 1.95. The number of nitrogens with one attached hydrogen (secondary N) is 1. The van der Waals surface area contributed by atoms with Crippen LogP contribution in [0.15, 0.2) is 40.9 Å². The Kier molecular flexibility index (Phi) is 6.49. The molecule has 3 nitrogen and oxygen atoms in total. The van der Waals surface area contributed by atoms with Crippen LogP contribution in [-0.4, -0.2) is 11.5 Å². The van der Waals surface area contributed by atoms with Gasteiger partial charge in [-0.2, -0.15) is 0 Å². The third kappa shape index (κ3) is 5.30. The van der Waals surface area contributed by atoms with E-state index in [2.05, 4.69) is 33.2 Å². The number of hydrogen-bond acceptors (Lipinski definition) is 3. The van der Waals surface area contributed by atoms with Crippen LogP contribution < -0.4 is 10.1 Å². The smallest absolute Gasteiger partial charge is 0.138 e. The van der Waals surface area contributed by atoms with Gasteiger partial charge >= 0.3 is 0 Å². The van der Waals surface area contributed by atoms with Crippen molar-refractivity contribution in [2.75, 3.05) is 6.54 Å². The number of hydrogen-bond donors (Lipinski definition) is 1. The Morgan fingerprint density at radius 3 is 2.81 bits per heavy atom. The Labute approximate surface area is 138 Å². The molecule has 5 heteroatoms. The maximum Gasteiger partial charge on any atom is 0.138 e. The zero-order valence-electron chi connectivity index (χ0n) is 11.9. The maximum atomic E-state index is 6.13. The number of rotatable bonds is 7. The summed E-state index contributed by atoms with van der Waals surface area (Å²) in [6.07, 6.45) is 1.12. The van der Waals surface area contributed by atoms with Crippen LogP contribution >= 0.6 is 27.5 Å². The summed E-state index contributed by atoms with van der Waals surface area (Å²) >= 11 is 9.50. The number of aromatic nitrogens is 1. The third-order valence-electron chi connectivity index (χ3n) is 2.87. The van der Waals surface area contributed by atoms with Crippen LogP contribution in [0.25, 0.3) is 0 Å². The van der Waals surface area contributed by atoms with E-state index < -0.39 is 0 Å². The molecule has 21 heavy (non-hydrogen) atoms. The maximum absolute atomic E-state index is 6.13. The van der Waals surface area contributed by atoms with Crippen LogP contribution in [-0.2, 0) is 13.2 Å². The van der Waals surface area contributed by atoms with Crippen molar-refractivity contribution in [1.29, 1.82) is 0 Å². The highest BCUT2D eigenvalue weighted by Gasteiger charge is 2.04. The molecule has 0 aliphatic carbocycles. The van der Waals surface area contributed by atoms with Crippen molar-refractivity contribution in [3.63, 3.8) is 0 Å². The number of ether oxygens (including phenoxy) is 1. The highest BCUT2D eigenvalue weighted by Crippen LogP contribution is 2.28. The van der Waals surface area contributed by atoms with Crippen LogP contribution in [0.1, 0.15) is 24.7 Å². The van der Waals surface area contributed by atoms with Crippen molar-refractivity contribution in [3.05, 3.63) is 57.3 Å². The second kappa shape index (κ2) is 8.37. The second-order valence-electron chi connectivity index (χ2n) is 4.66.